The molecule has 0 bridgehead atoms. The number of allylic oxidation sites excluding steroid dienone is 4. The van der Waals surface area contributed by atoms with Crippen molar-refractivity contribution in [3.63, 3.8) is 0 Å². The molecule has 0 radical (unpaired) electrons. The molecule has 0 atom stereocenters. The lowest BCUT2D eigenvalue weighted by molar-refractivity contribution is 0.922. The monoisotopic (exact) mass is 718 g/mol. The summed E-state index contributed by atoms with van der Waals surface area (Å²) in [5.41, 5.74) is 11.8. The van der Waals surface area contributed by atoms with E-state index in [4.69, 9.17) is 0 Å². The van der Waals surface area contributed by atoms with Gasteiger partial charge in [-0.05, 0) is 102 Å². The van der Waals surface area contributed by atoms with Gasteiger partial charge in [-0.3, -0.25) is 0 Å². The maximum absolute atomic E-state index is 3.39. The highest BCUT2D eigenvalue weighted by molar-refractivity contribution is 7.25. The van der Waals surface area contributed by atoms with Crippen LogP contribution in [-0.4, -0.2) is 4.57 Å². The van der Waals surface area contributed by atoms with Gasteiger partial charge in [-0.2, -0.15) is 0 Å². The van der Waals surface area contributed by atoms with E-state index in [1.165, 1.54) is 75.3 Å². The fraction of sp³-hybridized carbons (Fsp3) is 0.0385. The molecule has 8 aromatic carbocycles. The predicted octanol–water partition coefficient (Wildman–Crippen LogP) is 14.5. The number of anilines is 2. The highest BCUT2D eigenvalue weighted by Crippen LogP contribution is 2.44. The summed E-state index contributed by atoms with van der Waals surface area (Å²) in [5.74, 6) is 0. The molecule has 2 heterocycles. The average molecular weight is 719 g/mol. The van der Waals surface area contributed by atoms with Crippen LogP contribution in [0.2, 0.25) is 0 Å². The van der Waals surface area contributed by atoms with Crippen LogP contribution in [0.25, 0.3) is 75.1 Å². The minimum Gasteiger partial charge on any atom is -0.314 e. The van der Waals surface area contributed by atoms with Crippen LogP contribution in [0.15, 0.2) is 188 Å². The zero-order valence-corrected chi connectivity index (χ0v) is 30.9. The molecule has 55 heavy (non-hydrogen) atoms. The van der Waals surface area contributed by atoms with Gasteiger partial charge in [-0.15, -0.1) is 11.3 Å². The number of nitrogens with zero attached hydrogens (tertiary/aromatic N) is 2. The molecule has 3 heteroatoms. The average Bonchev–Trinajstić information content (AvgIpc) is 3.80. The number of benzene rings is 7. The second kappa shape index (κ2) is 12.9. The standard InChI is InChI=1S/C52H34N2S/c1-3-14-35(15-4-1)42-20-7-10-23-48(42)53(41-29-31-51-47(34-41)44-22-9-12-25-50(44)55-51)40-19-13-16-37(32-40)38-27-26-36-28-30-45-43-21-8-11-24-49(43)54(52(45)46(36)33-38)39-17-5-2-6-18-39/h1-3,5-12,14,16-18,20-34H,13,19H2. The number of para-hydroxylation sites is 3. The van der Waals surface area contributed by atoms with E-state index in [0.717, 1.165) is 35.3 Å². The summed E-state index contributed by atoms with van der Waals surface area (Å²) in [6.45, 7) is 0. The predicted molar refractivity (Wildman–Crippen MR) is 235 cm³/mol. The van der Waals surface area contributed by atoms with Gasteiger partial charge in [0, 0.05) is 64.5 Å². The van der Waals surface area contributed by atoms with E-state index in [1.807, 2.05) is 23.5 Å². The SMILES string of the molecule is c1cccc(-c2ccccc2N(C2=CC(c3ccc4ccc5c6ccccc6n(-c6ccccc6)c5c4c3)=CCC2)c2ccc3sc4ccccc4c3c2)c#1. The van der Waals surface area contributed by atoms with Gasteiger partial charge in [-0.25, -0.2) is 0 Å². The van der Waals surface area contributed by atoms with Gasteiger partial charge in [0.15, 0.2) is 0 Å². The number of aromatic nitrogens is 1. The Kier molecular flexibility index (Phi) is 7.43. The summed E-state index contributed by atoms with van der Waals surface area (Å²) >= 11 is 1.86. The summed E-state index contributed by atoms with van der Waals surface area (Å²) in [6.07, 6.45) is 6.70. The van der Waals surface area contributed by atoms with Crippen LogP contribution in [0.3, 0.4) is 0 Å². The molecule has 0 unspecified atom stereocenters. The van der Waals surface area contributed by atoms with Crippen LogP contribution in [0.1, 0.15) is 18.4 Å². The van der Waals surface area contributed by atoms with Crippen molar-refractivity contribution in [2.45, 2.75) is 12.8 Å². The van der Waals surface area contributed by atoms with Crippen LogP contribution in [0.5, 0.6) is 0 Å². The summed E-state index contributed by atoms with van der Waals surface area (Å²) in [7, 11) is 0. The quantitative estimate of drug-likeness (QED) is 0.166. The van der Waals surface area contributed by atoms with E-state index in [-0.39, 0.29) is 0 Å². The van der Waals surface area contributed by atoms with E-state index < -0.39 is 0 Å². The largest absolute Gasteiger partial charge is 0.314 e. The van der Waals surface area contributed by atoms with E-state index >= 15 is 0 Å². The minimum atomic E-state index is 0.922. The third-order valence-corrected chi connectivity index (χ3v) is 12.2. The molecule has 0 aliphatic heterocycles. The fourth-order valence-corrected chi connectivity index (χ4v) is 9.67. The Balaban J connectivity index is 1.10. The van der Waals surface area contributed by atoms with Crippen LogP contribution in [0, 0.1) is 12.1 Å². The second-order valence-electron chi connectivity index (χ2n) is 14.3. The molecule has 0 N–H and O–H groups in total. The minimum absolute atomic E-state index is 0.922. The zero-order chi connectivity index (χ0) is 36.3. The molecule has 0 saturated heterocycles. The molecular formula is C52H34N2S. The van der Waals surface area contributed by atoms with Gasteiger partial charge >= 0.3 is 0 Å². The first-order chi connectivity index (χ1) is 27.3. The molecule has 10 aromatic rings. The maximum Gasteiger partial charge on any atom is 0.0619 e. The van der Waals surface area contributed by atoms with Crippen LogP contribution < -0.4 is 4.90 Å². The Labute approximate surface area is 324 Å². The van der Waals surface area contributed by atoms with Crippen molar-refractivity contribution in [1.82, 2.24) is 4.57 Å². The smallest absolute Gasteiger partial charge is 0.0619 e. The summed E-state index contributed by atoms with van der Waals surface area (Å²) in [4.78, 5) is 2.49. The van der Waals surface area contributed by atoms with Crippen LogP contribution in [0.4, 0.5) is 11.4 Å². The third-order valence-electron chi connectivity index (χ3n) is 11.1. The van der Waals surface area contributed by atoms with Gasteiger partial charge in [-0.1, -0.05) is 121 Å². The molecular weight excluding hydrogens is 685 g/mol. The zero-order valence-electron chi connectivity index (χ0n) is 30.0. The van der Waals surface area contributed by atoms with E-state index in [1.54, 1.807) is 0 Å². The molecule has 2 aromatic heterocycles. The fourth-order valence-electron chi connectivity index (χ4n) is 8.59. The van der Waals surface area contributed by atoms with E-state index in [9.17, 15) is 0 Å². The Morgan fingerprint density at radius 3 is 2.31 bits per heavy atom. The molecule has 11 rings (SSSR count). The summed E-state index contributed by atoms with van der Waals surface area (Å²) < 4.78 is 5.06. The number of thiophene rings is 1. The van der Waals surface area contributed by atoms with Crippen LogP contribution in [-0.2, 0) is 0 Å². The van der Waals surface area contributed by atoms with Crippen molar-refractivity contribution in [2.75, 3.05) is 4.90 Å². The van der Waals surface area contributed by atoms with E-state index in [2.05, 4.69) is 191 Å². The Morgan fingerprint density at radius 2 is 1.40 bits per heavy atom. The van der Waals surface area contributed by atoms with Gasteiger partial charge in [0.2, 0.25) is 0 Å². The summed E-state index contributed by atoms with van der Waals surface area (Å²) in [6, 6.07) is 68.3. The molecule has 0 saturated carbocycles. The van der Waals surface area contributed by atoms with Gasteiger partial charge < -0.3 is 9.47 Å². The molecule has 2 nitrogen and oxygen atoms in total. The molecule has 0 amide bonds. The molecule has 1 aliphatic rings. The lowest BCUT2D eigenvalue weighted by atomic mass is 9.93. The lowest BCUT2D eigenvalue weighted by Crippen LogP contribution is -2.18. The second-order valence-corrected chi connectivity index (χ2v) is 15.3. The number of rotatable bonds is 6. The first-order valence-electron chi connectivity index (χ1n) is 18.9. The van der Waals surface area contributed by atoms with E-state index in [0.29, 0.717) is 0 Å². The van der Waals surface area contributed by atoms with Crippen molar-refractivity contribution in [3.8, 4) is 16.8 Å². The topological polar surface area (TPSA) is 8.17 Å². The van der Waals surface area contributed by atoms with Gasteiger partial charge in [0.25, 0.3) is 0 Å². The first kappa shape index (κ1) is 31.6. The van der Waals surface area contributed by atoms with Crippen molar-refractivity contribution in [1.29, 1.82) is 0 Å². The lowest BCUT2D eigenvalue weighted by Gasteiger charge is -2.31. The van der Waals surface area contributed by atoms with Gasteiger partial charge in [0.1, 0.15) is 0 Å². The Hall–Kier alpha value is -6.86. The molecule has 0 spiro atoms. The number of hydrogen-bond acceptors (Lipinski definition) is 2. The molecule has 0 fully saturated rings. The Bertz CT molecular complexity index is 3150. The number of hydrogen-bond donors (Lipinski definition) is 0. The summed E-state index contributed by atoms with van der Waals surface area (Å²) in [5, 5.41) is 7.62. The highest BCUT2D eigenvalue weighted by atomic mass is 32.1. The number of fused-ring (bicyclic) bond motifs is 8. The van der Waals surface area contributed by atoms with Crippen molar-refractivity contribution >= 4 is 81.0 Å². The maximum atomic E-state index is 3.39. The first-order valence-corrected chi connectivity index (χ1v) is 19.7. The molecule has 258 valence electrons. The molecule has 1 aliphatic carbocycles. The normalized spacial score (nSPS) is 13.0. The Morgan fingerprint density at radius 1 is 0.600 bits per heavy atom. The highest BCUT2D eigenvalue weighted by Gasteiger charge is 2.23. The van der Waals surface area contributed by atoms with Crippen molar-refractivity contribution in [3.05, 3.63) is 205 Å². The van der Waals surface area contributed by atoms with Crippen LogP contribution >= 0.6 is 11.3 Å². The van der Waals surface area contributed by atoms with Crippen molar-refractivity contribution in [2.24, 2.45) is 0 Å². The third kappa shape index (κ3) is 5.26. The van der Waals surface area contributed by atoms with Gasteiger partial charge in [0.05, 0.1) is 16.7 Å². The van der Waals surface area contributed by atoms with Crippen molar-refractivity contribution < 1.29 is 0 Å².